The summed E-state index contributed by atoms with van der Waals surface area (Å²) in [5, 5.41) is 0.748. The summed E-state index contributed by atoms with van der Waals surface area (Å²) in [7, 11) is 0. The molecule has 0 aromatic rings. The monoisotopic (exact) mass is 538 g/mol. The molecule has 0 amide bonds. The third-order valence-corrected chi connectivity index (χ3v) is 20.1. The van der Waals surface area contributed by atoms with Gasteiger partial charge in [-0.3, -0.25) is 0 Å². The summed E-state index contributed by atoms with van der Waals surface area (Å²) in [6.45, 7) is 1.56. The van der Waals surface area contributed by atoms with Gasteiger partial charge in [-0.15, -0.1) is 0 Å². The van der Waals surface area contributed by atoms with Gasteiger partial charge in [-0.25, -0.2) is 0 Å². The van der Waals surface area contributed by atoms with Crippen molar-refractivity contribution in [3.8, 4) is 0 Å². The van der Waals surface area contributed by atoms with Crippen LogP contribution >= 0.6 is 70.6 Å². The molecule has 5 aliphatic heterocycles. The van der Waals surface area contributed by atoms with Crippen LogP contribution in [-0.2, 0) is 9.47 Å². The number of thioether (sulfide) groups is 6. The van der Waals surface area contributed by atoms with Crippen LogP contribution in [0.25, 0.3) is 0 Å². The molecule has 5 rings (SSSR count). The summed E-state index contributed by atoms with van der Waals surface area (Å²) < 4.78 is 21.3. The zero-order valence-corrected chi connectivity index (χ0v) is 19.4. The normalized spacial score (nSPS) is 34.9. The van der Waals surface area contributed by atoms with Gasteiger partial charge in [-0.2, -0.15) is 0 Å². The van der Waals surface area contributed by atoms with Crippen LogP contribution in [-0.4, -0.2) is 64.6 Å². The quantitative estimate of drug-likeness (QED) is 0.429. The molecule has 0 radical (unpaired) electrons. The molecule has 0 aromatic carbocycles. The van der Waals surface area contributed by atoms with Gasteiger partial charge in [0.2, 0.25) is 0 Å². The summed E-state index contributed by atoms with van der Waals surface area (Å²) in [5.41, 5.74) is 0. The molecule has 1 fully saturated rings. The molecule has 0 aliphatic carbocycles. The van der Waals surface area contributed by atoms with Crippen molar-refractivity contribution in [1.29, 1.82) is 0 Å². The molecule has 118 valence electrons. The molecule has 0 bridgehead atoms. The fourth-order valence-corrected chi connectivity index (χ4v) is 19.9. The number of hydrogen-bond acceptors (Lipinski definition) is 8. The van der Waals surface area contributed by atoms with Crippen LogP contribution < -0.4 is 0 Å². The van der Waals surface area contributed by atoms with E-state index in [1.165, 1.54) is 20.0 Å². The first kappa shape index (κ1) is 16.5. The maximum absolute atomic E-state index is 5.95. The van der Waals surface area contributed by atoms with E-state index in [2.05, 4.69) is 0 Å². The first-order valence-electron chi connectivity index (χ1n) is 6.63. The van der Waals surface area contributed by atoms with Gasteiger partial charge in [0.05, 0.1) is 0 Å². The molecule has 1 saturated heterocycles. The molecule has 22 heavy (non-hydrogen) atoms. The molecule has 5 heterocycles. The Kier molecular flexibility index (Phi) is 5.33. The fourth-order valence-electron chi connectivity index (χ4n) is 2.18. The molecular weight excluding hydrogens is 526 g/mol. The molecule has 2 atom stereocenters. The first-order valence-corrected chi connectivity index (χ1v) is 15.6. The van der Waals surface area contributed by atoms with Gasteiger partial charge in [-0.05, 0) is 0 Å². The van der Waals surface area contributed by atoms with Gasteiger partial charge >= 0.3 is 169 Å². The second kappa shape index (κ2) is 7.12. The molecule has 2 nitrogen and oxygen atoms in total. The molecule has 2 unspecified atom stereocenters. The minimum atomic E-state index is 0.374. The molecule has 0 aromatic heterocycles. The second-order valence-corrected chi connectivity index (χ2v) is 17.7. The Balaban J connectivity index is 1.34. The number of ether oxygens (including phenoxy) is 2. The van der Waals surface area contributed by atoms with E-state index in [9.17, 15) is 0 Å². The number of hydrogen-bond donors (Lipinski definition) is 0. The van der Waals surface area contributed by atoms with E-state index in [0.717, 1.165) is 13.2 Å². The van der Waals surface area contributed by atoms with Crippen LogP contribution in [0.15, 0.2) is 24.6 Å². The van der Waals surface area contributed by atoms with Crippen molar-refractivity contribution in [3.05, 3.63) is 24.6 Å². The van der Waals surface area contributed by atoms with Crippen LogP contribution in [0.4, 0.5) is 0 Å². The van der Waals surface area contributed by atoms with Gasteiger partial charge in [0, 0.05) is 0 Å². The molecule has 0 saturated carbocycles. The number of fused-ring (bicyclic) bond motifs is 1. The Morgan fingerprint density at radius 3 is 1.73 bits per heavy atom. The van der Waals surface area contributed by atoms with Crippen LogP contribution in [0.5, 0.6) is 0 Å². The van der Waals surface area contributed by atoms with Crippen molar-refractivity contribution in [1.82, 2.24) is 0 Å². The predicted octanol–water partition coefficient (Wildman–Crippen LogP) is 3.93. The molecule has 0 spiro atoms. The number of rotatable bonds is 0. The average molecular weight is 537 g/mol. The molecule has 0 N–H and O–H groups in total. The third kappa shape index (κ3) is 3.18. The van der Waals surface area contributed by atoms with E-state index >= 15 is 0 Å². The summed E-state index contributed by atoms with van der Waals surface area (Å²) in [6.07, 6.45) is 0. The summed E-state index contributed by atoms with van der Waals surface area (Å²) in [5.74, 6) is 2.53. The van der Waals surface area contributed by atoms with Crippen molar-refractivity contribution in [3.63, 3.8) is 0 Å². The molecule has 5 aliphatic rings. The van der Waals surface area contributed by atoms with E-state index in [1.807, 2.05) is 70.6 Å². The third-order valence-electron chi connectivity index (χ3n) is 3.11. The Morgan fingerprint density at radius 1 is 0.682 bits per heavy atom. The van der Waals surface area contributed by atoms with Crippen molar-refractivity contribution in [2.24, 2.45) is 0 Å². The van der Waals surface area contributed by atoms with Crippen molar-refractivity contribution in [2.45, 2.75) is 10.0 Å². The molecule has 10 heteroatoms. The standard InChI is InChI=1S/C12H10O2S6Se2/c1-2-14-6-5(13-1)21-11-12(22-6)20-10(19-11)9-17-7-8(18-9)16-4-3-15-7/h5-6H,1-4H2. The van der Waals surface area contributed by atoms with Crippen LogP contribution in [0.2, 0.25) is 0 Å². The van der Waals surface area contributed by atoms with Gasteiger partial charge in [0.1, 0.15) is 0 Å². The average Bonchev–Trinajstić information content (AvgIpc) is 3.15. The minimum absolute atomic E-state index is 0.374. The van der Waals surface area contributed by atoms with Crippen molar-refractivity contribution in [2.75, 3.05) is 24.7 Å². The van der Waals surface area contributed by atoms with Gasteiger partial charge in [0.15, 0.2) is 0 Å². The van der Waals surface area contributed by atoms with Gasteiger partial charge in [-0.1, -0.05) is 0 Å². The van der Waals surface area contributed by atoms with E-state index in [4.69, 9.17) is 9.47 Å². The van der Waals surface area contributed by atoms with Crippen molar-refractivity contribution >= 4 is 100 Å². The summed E-state index contributed by atoms with van der Waals surface area (Å²) in [6, 6.07) is 0. The maximum atomic E-state index is 5.95. The zero-order chi connectivity index (χ0) is 14.5. The Morgan fingerprint density at radius 2 is 1.18 bits per heavy atom. The fraction of sp³-hybridized carbons (Fsp3) is 0.500. The SMILES string of the molecule is C1COC2[Se]C3=C(SC(=C4SC5=C(SCCS5)S4)S3)[Se]C2O1. The van der Waals surface area contributed by atoms with Crippen LogP contribution in [0.1, 0.15) is 0 Å². The van der Waals surface area contributed by atoms with Crippen LogP contribution in [0, 0.1) is 0 Å². The van der Waals surface area contributed by atoms with E-state index < -0.39 is 0 Å². The van der Waals surface area contributed by atoms with Crippen molar-refractivity contribution < 1.29 is 9.47 Å². The van der Waals surface area contributed by atoms with Crippen LogP contribution in [0.3, 0.4) is 0 Å². The van der Waals surface area contributed by atoms with E-state index in [0.29, 0.717) is 39.9 Å². The van der Waals surface area contributed by atoms with Gasteiger partial charge < -0.3 is 0 Å². The Labute approximate surface area is 167 Å². The zero-order valence-electron chi connectivity index (χ0n) is 11.1. The first-order chi connectivity index (χ1) is 10.9. The topological polar surface area (TPSA) is 18.5 Å². The summed E-state index contributed by atoms with van der Waals surface area (Å²) >= 11 is 13.0. The summed E-state index contributed by atoms with van der Waals surface area (Å²) in [4.78, 5) is 0. The molecular formula is C12H10O2S6Se2. The van der Waals surface area contributed by atoms with E-state index in [-0.39, 0.29) is 0 Å². The van der Waals surface area contributed by atoms with E-state index in [1.54, 1.807) is 16.1 Å². The van der Waals surface area contributed by atoms with Gasteiger partial charge in [0.25, 0.3) is 0 Å². The second-order valence-electron chi connectivity index (χ2n) is 4.54. The Hall–Kier alpha value is 2.28. The predicted molar refractivity (Wildman–Crippen MR) is 107 cm³/mol. The Bertz CT molecular complexity index is 571.